The Morgan fingerprint density at radius 3 is 2.61 bits per heavy atom. The van der Waals surface area contributed by atoms with Gasteiger partial charge in [-0.15, -0.1) is 0 Å². The maximum atomic E-state index is 5.14. The molecule has 4 heteroatoms. The van der Waals surface area contributed by atoms with Gasteiger partial charge in [0.15, 0.2) is 0 Å². The number of methoxy groups -OCH3 is 1. The third-order valence-corrected chi connectivity index (χ3v) is 2.71. The number of aromatic nitrogens is 2. The molecule has 1 aromatic carbocycles. The highest BCUT2D eigenvalue weighted by Gasteiger charge is 2.04. The van der Waals surface area contributed by atoms with Crippen LogP contribution in [0, 0.1) is 0 Å². The number of nitrogens with one attached hydrogen (secondary N) is 2. The van der Waals surface area contributed by atoms with Gasteiger partial charge in [-0.1, -0.05) is 13.8 Å². The molecular formula is C14H19N3O. The predicted molar refractivity (Wildman–Crippen MR) is 72.6 cm³/mol. The zero-order valence-electron chi connectivity index (χ0n) is 11.0. The molecule has 0 fully saturated rings. The number of ether oxygens (including phenoxy) is 1. The van der Waals surface area contributed by atoms with E-state index in [1.54, 1.807) is 7.11 Å². The minimum atomic E-state index is 0.458. The summed E-state index contributed by atoms with van der Waals surface area (Å²) in [5.41, 5.74) is 2.14. The molecule has 2 rings (SSSR count). The minimum absolute atomic E-state index is 0.458. The Balaban J connectivity index is 2.08. The van der Waals surface area contributed by atoms with Crippen molar-refractivity contribution < 1.29 is 4.74 Å². The van der Waals surface area contributed by atoms with Gasteiger partial charge in [0.2, 0.25) is 0 Å². The molecule has 96 valence electrons. The second-order valence-corrected chi connectivity index (χ2v) is 4.51. The Morgan fingerprint density at radius 1 is 1.28 bits per heavy atom. The molecule has 0 radical (unpaired) electrons. The van der Waals surface area contributed by atoms with Crippen LogP contribution in [0.2, 0.25) is 0 Å². The van der Waals surface area contributed by atoms with Crippen molar-refractivity contribution in [2.75, 3.05) is 7.11 Å². The van der Waals surface area contributed by atoms with Crippen LogP contribution >= 0.6 is 0 Å². The molecule has 0 aliphatic heterocycles. The van der Waals surface area contributed by atoms with Crippen molar-refractivity contribution in [1.29, 1.82) is 0 Å². The molecular weight excluding hydrogens is 226 g/mol. The van der Waals surface area contributed by atoms with Crippen LogP contribution in [0.3, 0.4) is 0 Å². The molecule has 0 atom stereocenters. The molecule has 0 saturated carbocycles. The molecule has 2 N–H and O–H groups in total. The van der Waals surface area contributed by atoms with Gasteiger partial charge in [-0.05, 0) is 29.8 Å². The van der Waals surface area contributed by atoms with Gasteiger partial charge in [-0.3, -0.25) is 0 Å². The topological polar surface area (TPSA) is 49.9 Å². The Bertz CT molecular complexity index is 488. The SMILES string of the molecule is COc1ccc(-c2cnc(CNC(C)C)[nH]2)cc1. The van der Waals surface area contributed by atoms with Gasteiger partial charge in [0, 0.05) is 6.04 Å². The summed E-state index contributed by atoms with van der Waals surface area (Å²) in [5, 5.41) is 3.33. The van der Waals surface area contributed by atoms with E-state index in [1.165, 1.54) is 0 Å². The standard InChI is InChI=1S/C14H19N3O/c1-10(2)15-9-14-16-8-13(17-14)11-4-6-12(18-3)7-5-11/h4-8,10,15H,9H2,1-3H3,(H,16,17). The molecule has 0 saturated heterocycles. The molecule has 0 aliphatic rings. The van der Waals surface area contributed by atoms with Crippen LogP contribution in [0.1, 0.15) is 19.7 Å². The lowest BCUT2D eigenvalue weighted by Crippen LogP contribution is -2.22. The number of imidazole rings is 1. The van der Waals surface area contributed by atoms with Crippen LogP contribution in [0.15, 0.2) is 30.5 Å². The second-order valence-electron chi connectivity index (χ2n) is 4.51. The van der Waals surface area contributed by atoms with Crippen LogP contribution in [-0.4, -0.2) is 23.1 Å². The molecule has 0 amide bonds. The summed E-state index contributed by atoms with van der Waals surface area (Å²) in [5.74, 6) is 1.81. The number of benzene rings is 1. The Kier molecular flexibility index (Phi) is 3.99. The average molecular weight is 245 g/mol. The van der Waals surface area contributed by atoms with Crippen LogP contribution in [0.5, 0.6) is 5.75 Å². The van der Waals surface area contributed by atoms with Gasteiger partial charge in [0.05, 0.1) is 25.5 Å². The Hall–Kier alpha value is -1.81. The fraction of sp³-hybridized carbons (Fsp3) is 0.357. The fourth-order valence-corrected chi connectivity index (χ4v) is 1.67. The molecule has 0 aliphatic carbocycles. The lowest BCUT2D eigenvalue weighted by atomic mass is 10.2. The summed E-state index contributed by atoms with van der Waals surface area (Å²) in [7, 11) is 1.67. The van der Waals surface area contributed by atoms with E-state index in [1.807, 2.05) is 30.5 Å². The number of H-pyrrole nitrogens is 1. The van der Waals surface area contributed by atoms with Crippen molar-refractivity contribution >= 4 is 0 Å². The van der Waals surface area contributed by atoms with Gasteiger partial charge >= 0.3 is 0 Å². The van der Waals surface area contributed by atoms with Crippen molar-refractivity contribution in [2.45, 2.75) is 26.4 Å². The second kappa shape index (κ2) is 5.69. The predicted octanol–water partition coefficient (Wildman–Crippen LogP) is 2.58. The molecule has 0 unspecified atom stereocenters. The summed E-state index contributed by atoms with van der Waals surface area (Å²) in [6, 6.07) is 8.39. The van der Waals surface area contributed by atoms with Crippen molar-refractivity contribution in [3.05, 3.63) is 36.3 Å². The van der Waals surface area contributed by atoms with Crippen LogP contribution < -0.4 is 10.1 Å². The normalized spacial score (nSPS) is 10.9. The van der Waals surface area contributed by atoms with Crippen molar-refractivity contribution in [3.63, 3.8) is 0 Å². The van der Waals surface area contributed by atoms with E-state index in [4.69, 9.17) is 4.74 Å². The monoisotopic (exact) mass is 245 g/mol. The lowest BCUT2D eigenvalue weighted by Gasteiger charge is -2.05. The molecule has 0 spiro atoms. The smallest absolute Gasteiger partial charge is 0.120 e. The molecule has 1 aromatic heterocycles. The van der Waals surface area contributed by atoms with Gasteiger partial charge in [-0.25, -0.2) is 4.98 Å². The maximum Gasteiger partial charge on any atom is 0.120 e. The average Bonchev–Trinajstić information content (AvgIpc) is 2.85. The lowest BCUT2D eigenvalue weighted by molar-refractivity contribution is 0.415. The molecule has 18 heavy (non-hydrogen) atoms. The van der Waals surface area contributed by atoms with E-state index >= 15 is 0 Å². The summed E-state index contributed by atoms with van der Waals surface area (Å²) in [6.07, 6.45) is 1.86. The number of rotatable bonds is 5. The summed E-state index contributed by atoms with van der Waals surface area (Å²) in [6.45, 7) is 4.99. The zero-order valence-corrected chi connectivity index (χ0v) is 11.0. The van der Waals surface area contributed by atoms with E-state index in [2.05, 4.69) is 29.1 Å². The highest BCUT2D eigenvalue weighted by Crippen LogP contribution is 2.20. The quantitative estimate of drug-likeness (QED) is 0.851. The van der Waals surface area contributed by atoms with Gasteiger partial charge in [0.1, 0.15) is 11.6 Å². The number of aromatic amines is 1. The highest BCUT2D eigenvalue weighted by atomic mass is 16.5. The minimum Gasteiger partial charge on any atom is -0.497 e. The largest absolute Gasteiger partial charge is 0.497 e. The fourth-order valence-electron chi connectivity index (χ4n) is 1.67. The van der Waals surface area contributed by atoms with E-state index < -0.39 is 0 Å². The first-order chi connectivity index (χ1) is 8.69. The van der Waals surface area contributed by atoms with E-state index in [0.29, 0.717) is 6.04 Å². The maximum absolute atomic E-state index is 5.14. The molecule has 4 nitrogen and oxygen atoms in total. The Labute approximate surface area is 107 Å². The van der Waals surface area contributed by atoms with E-state index in [9.17, 15) is 0 Å². The Morgan fingerprint density at radius 2 is 2.00 bits per heavy atom. The summed E-state index contributed by atoms with van der Waals surface area (Å²) < 4.78 is 5.14. The number of hydrogen-bond donors (Lipinski definition) is 2. The number of hydrogen-bond acceptors (Lipinski definition) is 3. The highest BCUT2D eigenvalue weighted by molar-refractivity contribution is 5.59. The van der Waals surface area contributed by atoms with Crippen LogP contribution in [0.4, 0.5) is 0 Å². The molecule has 0 bridgehead atoms. The first-order valence-electron chi connectivity index (χ1n) is 6.10. The van der Waals surface area contributed by atoms with Gasteiger partial charge in [0.25, 0.3) is 0 Å². The molecule has 1 heterocycles. The molecule has 2 aromatic rings. The van der Waals surface area contributed by atoms with Crippen molar-refractivity contribution in [2.24, 2.45) is 0 Å². The van der Waals surface area contributed by atoms with Crippen molar-refractivity contribution in [1.82, 2.24) is 15.3 Å². The van der Waals surface area contributed by atoms with Gasteiger partial charge in [-0.2, -0.15) is 0 Å². The first-order valence-corrected chi connectivity index (χ1v) is 6.10. The first kappa shape index (κ1) is 12.6. The number of nitrogens with zero attached hydrogens (tertiary/aromatic N) is 1. The van der Waals surface area contributed by atoms with Gasteiger partial charge < -0.3 is 15.0 Å². The van der Waals surface area contributed by atoms with Crippen molar-refractivity contribution in [3.8, 4) is 17.0 Å². The zero-order chi connectivity index (χ0) is 13.0. The summed E-state index contributed by atoms with van der Waals surface area (Å²) >= 11 is 0. The van der Waals surface area contributed by atoms with Crippen LogP contribution in [0.25, 0.3) is 11.3 Å². The van der Waals surface area contributed by atoms with Crippen LogP contribution in [-0.2, 0) is 6.54 Å². The third-order valence-electron chi connectivity index (χ3n) is 2.71. The third kappa shape index (κ3) is 3.11. The van der Waals surface area contributed by atoms with E-state index in [-0.39, 0.29) is 0 Å². The summed E-state index contributed by atoms with van der Waals surface area (Å²) in [4.78, 5) is 7.67. The van der Waals surface area contributed by atoms with E-state index in [0.717, 1.165) is 29.4 Å².